The number of nitrogens with two attached hydrogens (primary N) is 2. The van der Waals surface area contributed by atoms with Crippen LogP contribution in [-0.2, 0) is 11.3 Å². The molecule has 2 atom stereocenters. The molecule has 5 heteroatoms. The van der Waals surface area contributed by atoms with Crippen molar-refractivity contribution in [2.75, 3.05) is 13.2 Å². The van der Waals surface area contributed by atoms with Crippen LogP contribution in [0.25, 0.3) is 21.8 Å². The Kier molecular flexibility index (Phi) is 4.37. The number of hydrogen-bond donors (Lipinski definition) is 3. The summed E-state index contributed by atoms with van der Waals surface area (Å²) in [7, 11) is 0. The summed E-state index contributed by atoms with van der Waals surface area (Å²) in [5.74, 6) is 0. The van der Waals surface area contributed by atoms with Gasteiger partial charge in [0.2, 0.25) is 0 Å². The highest BCUT2D eigenvalue weighted by atomic mass is 16.6. The van der Waals surface area contributed by atoms with Crippen molar-refractivity contribution in [2.45, 2.75) is 25.3 Å². The van der Waals surface area contributed by atoms with E-state index in [2.05, 4.69) is 28.8 Å². The molecule has 0 saturated heterocycles. The molecule has 1 aromatic heterocycles. The van der Waals surface area contributed by atoms with E-state index in [1.807, 2.05) is 24.3 Å². The van der Waals surface area contributed by atoms with Gasteiger partial charge >= 0.3 is 0 Å². The quantitative estimate of drug-likeness (QED) is 0.606. The smallest absolute Gasteiger partial charge is 0.173 e. The van der Waals surface area contributed by atoms with Gasteiger partial charge in [-0.2, -0.15) is 0 Å². The van der Waals surface area contributed by atoms with Crippen LogP contribution in [0.3, 0.4) is 0 Å². The van der Waals surface area contributed by atoms with E-state index in [4.69, 9.17) is 16.2 Å². The molecule has 2 aromatic carbocycles. The van der Waals surface area contributed by atoms with E-state index in [0.717, 1.165) is 11.0 Å². The molecule has 5 nitrogen and oxygen atoms in total. The average Bonchev–Trinajstić information content (AvgIpc) is 2.89. The summed E-state index contributed by atoms with van der Waals surface area (Å²) in [6, 6.07) is 16.6. The fraction of sp³-hybridized carbons (Fsp3) is 0.333. The van der Waals surface area contributed by atoms with Crippen molar-refractivity contribution >= 4 is 21.8 Å². The van der Waals surface area contributed by atoms with Crippen LogP contribution in [0.5, 0.6) is 0 Å². The molecule has 3 rings (SSSR count). The highest BCUT2D eigenvalue weighted by molar-refractivity contribution is 6.07. The fourth-order valence-electron chi connectivity index (χ4n) is 2.79. The maximum Gasteiger partial charge on any atom is 0.173 e. The van der Waals surface area contributed by atoms with Crippen molar-refractivity contribution < 1.29 is 9.84 Å². The summed E-state index contributed by atoms with van der Waals surface area (Å²) >= 11 is 0. The molecule has 0 fully saturated rings. The molecular formula is C18H23N3O2. The molecule has 23 heavy (non-hydrogen) atoms. The Labute approximate surface area is 135 Å². The molecule has 3 aromatic rings. The third kappa shape index (κ3) is 2.96. The van der Waals surface area contributed by atoms with Crippen molar-refractivity contribution in [2.24, 2.45) is 11.5 Å². The number of aliphatic hydroxyl groups is 1. The molecule has 0 aliphatic heterocycles. The van der Waals surface area contributed by atoms with Crippen LogP contribution in [0.1, 0.15) is 6.92 Å². The van der Waals surface area contributed by atoms with E-state index in [9.17, 15) is 5.11 Å². The van der Waals surface area contributed by atoms with E-state index >= 15 is 0 Å². The lowest BCUT2D eigenvalue weighted by Crippen LogP contribution is -2.55. The summed E-state index contributed by atoms with van der Waals surface area (Å²) in [6.45, 7) is 2.82. The molecule has 0 aliphatic rings. The summed E-state index contributed by atoms with van der Waals surface area (Å²) in [5, 5.41) is 12.4. The highest BCUT2D eigenvalue weighted by Crippen LogP contribution is 2.28. The number of rotatable bonds is 6. The minimum absolute atomic E-state index is 0.156. The maximum absolute atomic E-state index is 10.00. The first kappa shape index (κ1) is 16.0. The van der Waals surface area contributed by atoms with Crippen LogP contribution in [0.2, 0.25) is 0 Å². The second-order valence-corrected chi connectivity index (χ2v) is 6.12. The van der Waals surface area contributed by atoms with Gasteiger partial charge in [-0.25, -0.2) is 0 Å². The first-order valence-electron chi connectivity index (χ1n) is 7.79. The van der Waals surface area contributed by atoms with Gasteiger partial charge in [0.1, 0.15) is 0 Å². The lowest BCUT2D eigenvalue weighted by atomic mass is 10.0. The largest absolute Gasteiger partial charge is 0.366 e. The molecule has 0 amide bonds. The van der Waals surface area contributed by atoms with Gasteiger partial charge in [0.05, 0.1) is 12.1 Å². The standard InChI is InChI=1S/C18H23N3O2/c1-18(20,12-19)17(22)23-11-10-21-15-8-4-2-6-13(15)14-7-3-5-9-16(14)21/h2-9,17,22H,10-12,19-20H2,1H3. The predicted octanol–water partition coefficient (Wildman–Crippen LogP) is 1.81. The molecule has 5 N–H and O–H groups in total. The van der Waals surface area contributed by atoms with E-state index in [1.54, 1.807) is 6.92 Å². The molecule has 0 radical (unpaired) electrons. The van der Waals surface area contributed by atoms with Gasteiger partial charge in [0.15, 0.2) is 6.29 Å². The van der Waals surface area contributed by atoms with Gasteiger partial charge < -0.3 is 25.9 Å². The second kappa shape index (κ2) is 6.29. The van der Waals surface area contributed by atoms with Crippen molar-refractivity contribution in [1.29, 1.82) is 0 Å². The van der Waals surface area contributed by atoms with Crippen molar-refractivity contribution in [1.82, 2.24) is 4.57 Å². The van der Waals surface area contributed by atoms with Crippen LogP contribution in [0, 0.1) is 0 Å². The summed E-state index contributed by atoms with van der Waals surface area (Å²) in [5.41, 5.74) is 12.8. The zero-order chi connectivity index (χ0) is 16.4. The molecule has 0 spiro atoms. The third-order valence-electron chi connectivity index (χ3n) is 4.27. The van der Waals surface area contributed by atoms with Gasteiger partial charge in [-0.15, -0.1) is 0 Å². The zero-order valence-corrected chi connectivity index (χ0v) is 13.3. The first-order chi connectivity index (χ1) is 11.0. The third-order valence-corrected chi connectivity index (χ3v) is 4.27. The van der Waals surface area contributed by atoms with Gasteiger partial charge in [0.25, 0.3) is 0 Å². The number of ether oxygens (including phenoxy) is 1. The Morgan fingerprint density at radius 1 is 1.09 bits per heavy atom. The summed E-state index contributed by atoms with van der Waals surface area (Å²) in [4.78, 5) is 0. The highest BCUT2D eigenvalue weighted by Gasteiger charge is 2.27. The molecule has 2 unspecified atom stereocenters. The Balaban J connectivity index is 1.85. The van der Waals surface area contributed by atoms with Gasteiger partial charge in [-0.1, -0.05) is 36.4 Å². The number of para-hydroxylation sites is 2. The maximum atomic E-state index is 10.00. The number of aromatic nitrogens is 1. The number of benzene rings is 2. The molecule has 1 heterocycles. The lowest BCUT2D eigenvalue weighted by molar-refractivity contribution is -0.138. The second-order valence-electron chi connectivity index (χ2n) is 6.12. The SMILES string of the molecule is CC(N)(CN)C(O)OCCn1c2ccccc2c2ccccc21. The van der Waals surface area contributed by atoms with Gasteiger partial charge in [-0.3, -0.25) is 0 Å². The number of hydrogen-bond acceptors (Lipinski definition) is 4. The number of fused-ring (bicyclic) bond motifs is 3. The van der Waals surface area contributed by atoms with Crippen LogP contribution in [-0.4, -0.2) is 34.7 Å². The lowest BCUT2D eigenvalue weighted by Gasteiger charge is -2.28. The molecule has 0 saturated carbocycles. The van der Waals surface area contributed by atoms with E-state index < -0.39 is 11.8 Å². The summed E-state index contributed by atoms with van der Waals surface area (Å²) < 4.78 is 7.70. The van der Waals surface area contributed by atoms with E-state index in [1.165, 1.54) is 10.8 Å². The Bertz CT molecular complexity index is 757. The monoisotopic (exact) mass is 313 g/mol. The molecular weight excluding hydrogens is 290 g/mol. The molecule has 122 valence electrons. The predicted molar refractivity (Wildman–Crippen MR) is 93.0 cm³/mol. The zero-order valence-electron chi connectivity index (χ0n) is 13.3. The first-order valence-corrected chi connectivity index (χ1v) is 7.79. The van der Waals surface area contributed by atoms with Crippen molar-refractivity contribution in [3.05, 3.63) is 48.5 Å². The number of nitrogens with zero attached hydrogens (tertiary/aromatic N) is 1. The minimum atomic E-state index is -1.08. The van der Waals surface area contributed by atoms with Crippen molar-refractivity contribution in [3.63, 3.8) is 0 Å². The van der Waals surface area contributed by atoms with Crippen molar-refractivity contribution in [3.8, 4) is 0 Å². The van der Waals surface area contributed by atoms with Crippen LogP contribution in [0.4, 0.5) is 0 Å². The Morgan fingerprint density at radius 3 is 2.13 bits per heavy atom. The topological polar surface area (TPSA) is 86.4 Å². The average molecular weight is 313 g/mol. The molecule has 0 bridgehead atoms. The van der Waals surface area contributed by atoms with Crippen LogP contribution >= 0.6 is 0 Å². The van der Waals surface area contributed by atoms with Gasteiger partial charge in [-0.05, 0) is 19.1 Å². The van der Waals surface area contributed by atoms with Gasteiger partial charge in [0, 0.05) is 34.9 Å². The minimum Gasteiger partial charge on any atom is -0.366 e. The fourth-order valence-corrected chi connectivity index (χ4v) is 2.79. The molecule has 0 aliphatic carbocycles. The normalized spacial score (nSPS) is 15.8. The summed E-state index contributed by atoms with van der Waals surface area (Å²) in [6.07, 6.45) is -1.08. The van der Waals surface area contributed by atoms with Crippen LogP contribution in [0.15, 0.2) is 48.5 Å². The Hall–Kier alpha value is -1.92. The Morgan fingerprint density at radius 2 is 1.61 bits per heavy atom. The van der Waals surface area contributed by atoms with E-state index in [0.29, 0.717) is 13.2 Å². The van der Waals surface area contributed by atoms with Crippen LogP contribution < -0.4 is 11.5 Å². The number of aliphatic hydroxyl groups excluding tert-OH is 1. The van der Waals surface area contributed by atoms with E-state index in [-0.39, 0.29) is 6.54 Å².